The molecule has 2 aromatic heterocycles. The third-order valence-electron chi connectivity index (χ3n) is 4.19. The average Bonchev–Trinajstić information content (AvgIpc) is 2.71. The van der Waals surface area contributed by atoms with Crippen LogP contribution in [0.5, 0.6) is 5.88 Å². The number of nitrogens with one attached hydrogen (secondary N) is 1. The summed E-state index contributed by atoms with van der Waals surface area (Å²) < 4.78 is 5.59. The Labute approximate surface area is 177 Å². The molecule has 0 atom stereocenters. The standard InChI is InChI=1S/C18H25N7O.HI/c1-3-26-16-15(6-4-7-20-16)14-23-17(19-2)24-10-12-25(13-11-24)18-21-8-5-9-22-18;/h4-9H,3,10-14H2,1-2H3,(H,19,23);1H. The molecule has 0 radical (unpaired) electrons. The van der Waals surface area contributed by atoms with E-state index in [0.29, 0.717) is 19.0 Å². The molecule has 2 aromatic rings. The van der Waals surface area contributed by atoms with Crippen molar-refractivity contribution in [3.8, 4) is 5.88 Å². The molecule has 1 fully saturated rings. The number of rotatable bonds is 5. The van der Waals surface area contributed by atoms with Crippen LogP contribution in [0.25, 0.3) is 0 Å². The first-order valence-electron chi connectivity index (χ1n) is 8.86. The fraction of sp³-hybridized carbons (Fsp3) is 0.444. The number of pyridine rings is 1. The topological polar surface area (TPSA) is 78.8 Å². The lowest BCUT2D eigenvalue weighted by Crippen LogP contribution is -2.52. The van der Waals surface area contributed by atoms with Crippen molar-refractivity contribution in [3.63, 3.8) is 0 Å². The Bertz CT molecular complexity index is 721. The van der Waals surface area contributed by atoms with E-state index in [4.69, 9.17) is 4.74 Å². The Morgan fingerprint density at radius 3 is 2.48 bits per heavy atom. The number of aromatic nitrogens is 3. The van der Waals surface area contributed by atoms with Gasteiger partial charge < -0.3 is 19.9 Å². The maximum Gasteiger partial charge on any atom is 0.225 e. The highest BCUT2D eigenvalue weighted by atomic mass is 127. The number of hydrogen-bond donors (Lipinski definition) is 1. The fourth-order valence-electron chi connectivity index (χ4n) is 2.90. The van der Waals surface area contributed by atoms with Gasteiger partial charge in [-0.2, -0.15) is 0 Å². The van der Waals surface area contributed by atoms with Crippen LogP contribution in [-0.4, -0.2) is 65.6 Å². The zero-order chi connectivity index (χ0) is 18.2. The SMILES string of the molecule is CCOc1ncccc1CNC(=NC)N1CCN(c2ncccn2)CC1.I. The number of halogens is 1. The summed E-state index contributed by atoms with van der Waals surface area (Å²) in [6, 6.07) is 5.77. The van der Waals surface area contributed by atoms with Crippen molar-refractivity contribution in [1.82, 2.24) is 25.2 Å². The molecule has 9 heteroatoms. The van der Waals surface area contributed by atoms with E-state index in [1.54, 1.807) is 18.6 Å². The van der Waals surface area contributed by atoms with E-state index in [-0.39, 0.29) is 24.0 Å². The molecule has 8 nitrogen and oxygen atoms in total. The number of hydrogen-bond acceptors (Lipinski definition) is 6. The minimum atomic E-state index is 0. The molecule has 3 heterocycles. The van der Waals surface area contributed by atoms with E-state index >= 15 is 0 Å². The lowest BCUT2D eigenvalue weighted by atomic mass is 10.2. The summed E-state index contributed by atoms with van der Waals surface area (Å²) in [6.45, 7) is 6.64. The second-order valence-electron chi connectivity index (χ2n) is 5.82. The van der Waals surface area contributed by atoms with Gasteiger partial charge in [0.15, 0.2) is 5.96 Å². The van der Waals surface area contributed by atoms with Gasteiger partial charge in [0.1, 0.15) is 0 Å². The molecular formula is C18H26IN7O. The minimum Gasteiger partial charge on any atom is -0.478 e. The Morgan fingerprint density at radius 1 is 1.11 bits per heavy atom. The van der Waals surface area contributed by atoms with Crippen molar-refractivity contribution in [2.24, 2.45) is 4.99 Å². The number of guanidine groups is 1. The van der Waals surface area contributed by atoms with Crippen LogP contribution in [0.15, 0.2) is 41.8 Å². The van der Waals surface area contributed by atoms with E-state index in [2.05, 4.69) is 35.1 Å². The Kier molecular flexibility index (Phi) is 8.49. The maximum absolute atomic E-state index is 5.59. The van der Waals surface area contributed by atoms with Crippen molar-refractivity contribution < 1.29 is 4.74 Å². The molecule has 1 aliphatic rings. The molecule has 0 bridgehead atoms. The summed E-state index contributed by atoms with van der Waals surface area (Å²) in [5, 5.41) is 3.41. The average molecular weight is 483 g/mol. The molecule has 27 heavy (non-hydrogen) atoms. The van der Waals surface area contributed by atoms with Crippen molar-refractivity contribution in [3.05, 3.63) is 42.4 Å². The molecule has 3 rings (SSSR count). The van der Waals surface area contributed by atoms with E-state index in [9.17, 15) is 0 Å². The highest BCUT2D eigenvalue weighted by Crippen LogP contribution is 2.14. The number of aliphatic imine (C=N–C) groups is 1. The number of anilines is 1. The first-order valence-corrected chi connectivity index (χ1v) is 8.86. The highest BCUT2D eigenvalue weighted by Gasteiger charge is 2.21. The van der Waals surface area contributed by atoms with E-state index in [1.807, 2.05) is 32.2 Å². The molecule has 0 amide bonds. The Hall–Kier alpha value is -2.17. The van der Waals surface area contributed by atoms with Gasteiger partial charge in [-0.25, -0.2) is 15.0 Å². The second-order valence-corrected chi connectivity index (χ2v) is 5.82. The monoisotopic (exact) mass is 483 g/mol. The smallest absolute Gasteiger partial charge is 0.225 e. The normalized spacial score (nSPS) is 14.5. The van der Waals surface area contributed by atoms with Crippen LogP contribution < -0.4 is 15.0 Å². The highest BCUT2D eigenvalue weighted by molar-refractivity contribution is 14.0. The van der Waals surface area contributed by atoms with Gasteiger partial charge in [-0.1, -0.05) is 6.07 Å². The van der Waals surface area contributed by atoms with Gasteiger partial charge in [-0.05, 0) is 19.1 Å². The number of piperazine rings is 1. The first-order chi connectivity index (χ1) is 12.8. The largest absolute Gasteiger partial charge is 0.478 e. The summed E-state index contributed by atoms with van der Waals surface area (Å²) in [5.74, 6) is 2.33. The van der Waals surface area contributed by atoms with Crippen molar-refractivity contribution in [2.45, 2.75) is 13.5 Å². The van der Waals surface area contributed by atoms with Crippen LogP contribution >= 0.6 is 24.0 Å². The van der Waals surface area contributed by atoms with Gasteiger partial charge in [-0.3, -0.25) is 4.99 Å². The zero-order valence-corrected chi connectivity index (χ0v) is 18.0. The van der Waals surface area contributed by atoms with Crippen molar-refractivity contribution in [2.75, 3.05) is 44.7 Å². The minimum absolute atomic E-state index is 0. The van der Waals surface area contributed by atoms with Crippen LogP contribution in [0.1, 0.15) is 12.5 Å². The lowest BCUT2D eigenvalue weighted by molar-refractivity contribution is 0.322. The lowest BCUT2D eigenvalue weighted by Gasteiger charge is -2.36. The molecule has 146 valence electrons. The summed E-state index contributed by atoms with van der Waals surface area (Å²) in [6.07, 6.45) is 5.30. The van der Waals surface area contributed by atoms with Crippen molar-refractivity contribution in [1.29, 1.82) is 0 Å². The molecule has 0 saturated carbocycles. The third kappa shape index (κ3) is 5.65. The van der Waals surface area contributed by atoms with Gasteiger partial charge in [0.2, 0.25) is 11.8 Å². The van der Waals surface area contributed by atoms with Gasteiger partial charge >= 0.3 is 0 Å². The molecule has 1 N–H and O–H groups in total. The zero-order valence-electron chi connectivity index (χ0n) is 15.7. The molecular weight excluding hydrogens is 457 g/mol. The summed E-state index contributed by atoms with van der Waals surface area (Å²) in [5.41, 5.74) is 1.02. The molecule has 0 aliphatic carbocycles. The maximum atomic E-state index is 5.59. The fourth-order valence-corrected chi connectivity index (χ4v) is 2.90. The number of ether oxygens (including phenoxy) is 1. The molecule has 1 saturated heterocycles. The predicted octanol–water partition coefficient (Wildman–Crippen LogP) is 1.79. The van der Waals surface area contributed by atoms with E-state index < -0.39 is 0 Å². The van der Waals surface area contributed by atoms with Gasteiger partial charge in [-0.15, -0.1) is 24.0 Å². The summed E-state index contributed by atoms with van der Waals surface area (Å²) in [4.78, 5) is 21.8. The van der Waals surface area contributed by atoms with Crippen LogP contribution in [0.2, 0.25) is 0 Å². The van der Waals surface area contributed by atoms with E-state index in [0.717, 1.165) is 43.7 Å². The predicted molar refractivity (Wildman–Crippen MR) is 117 cm³/mol. The summed E-state index contributed by atoms with van der Waals surface area (Å²) >= 11 is 0. The molecule has 0 aromatic carbocycles. The first kappa shape index (κ1) is 21.1. The number of nitrogens with zero attached hydrogens (tertiary/aromatic N) is 6. The summed E-state index contributed by atoms with van der Waals surface area (Å²) in [7, 11) is 1.81. The molecule has 0 spiro atoms. The van der Waals surface area contributed by atoms with Gasteiger partial charge in [0, 0.05) is 63.9 Å². The Balaban J connectivity index is 0.00000261. The molecule has 1 aliphatic heterocycles. The van der Waals surface area contributed by atoms with Crippen molar-refractivity contribution >= 4 is 35.9 Å². The van der Waals surface area contributed by atoms with Crippen LogP contribution in [0.4, 0.5) is 5.95 Å². The molecule has 0 unspecified atom stereocenters. The quantitative estimate of drug-likeness (QED) is 0.395. The van der Waals surface area contributed by atoms with Crippen LogP contribution in [-0.2, 0) is 6.54 Å². The van der Waals surface area contributed by atoms with Crippen LogP contribution in [0, 0.1) is 0 Å². The second kappa shape index (κ2) is 10.9. The van der Waals surface area contributed by atoms with Crippen LogP contribution in [0.3, 0.4) is 0 Å². The van der Waals surface area contributed by atoms with Gasteiger partial charge in [0.05, 0.1) is 6.61 Å². The van der Waals surface area contributed by atoms with E-state index in [1.165, 1.54) is 0 Å². The third-order valence-corrected chi connectivity index (χ3v) is 4.19. The van der Waals surface area contributed by atoms with Gasteiger partial charge in [0.25, 0.3) is 0 Å². The Morgan fingerprint density at radius 2 is 1.81 bits per heavy atom.